The molecule has 4 rings (SSSR count). The first kappa shape index (κ1) is 13.5. The standard InChI is InChI=1S/C21H15NO/c23-21(20-14-17-9-4-5-12-19(17)22-20)18-11-6-10-16(13-18)15-7-2-1-3-8-15/h1-14,22H. The van der Waals surface area contributed by atoms with E-state index < -0.39 is 0 Å². The number of rotatable bonds is 3. The number of carbonyl (C=O) groups excluding carboxylic acids is 1. The average molecular weight is 297 g/mol. The minimum Gasteiger partial charge on any atom is -0.352 e. The Morgan fingerprint density at radius 1 is 0.696 bits per heavy atom. The second-order valence-electron chi connectivity index (χ2n) is 5.55. The summed E-state index contributed by atoms with van der Waals surface area (Å²) in [4.78, 5) is 16.0. The van der Waals surface area contributed by atoms with Crippen LogP contribution in [0, 0.1) is 0 Å². The lowest BCUT2D eigenvalue weighted by Crippen LogP contribution is -2.01. The third-order valence-electron chi connectivity index (χ3n) is 4.01. The summed E-state index contributed by atoms with van der Waals surface area (Å²) in [6, 6.07) is 27.7. The van der Waals surface area contributed by atoms with Crippen molar-refractivity contribution in [1.82, 2.24) is 4.98 Å². The van der Waals surface area contributed by atoms with Gasteiger partial charge in [0.05, 0.1) is 5.69 Å². The normalized spacial score (nSPS) is 10.8. The maximum absolute atomic E-state index is 12.8. The predicted octanol–water partition coefficient (Wildman–Crippen LogP) is 5.07. The Morgan fingerprint density at radius 2 is 1.43 bits per heavy atom. The number of nitrogens with one attached hydrogen (secondary N) is 1. The minimum absolute atomic E-state index is 0.0129. The molecule has 1 aromatic heterocycles. The SMILES string of the molecule is O=C(c1cccc(-c2ccccc2)c1)c1cc2ccccc2[nH]1. The van der Waals surface area contributed by atoms with E-state index in [1.54, 1.807) is 0 Å². The smallest absolute Gasteiger partial charge is 0.209 e. The van der Waals surface area contributed by atoms with Crippen molar-refractivity contribution in [2.24, 2.45) is 0 Å². The van der Waals surface area contributed by atoms with E-state index in [0.29, 0.717) is 11.3 Å². The van der Waals surface area contributed by atoms with Crippen molar-refractivity contribution >= 4 is 16.7 Å². The summed E-state index contributed by atoms with van der Waals surface area (Å²) in [7, 11) is 0. The maximum Gasteiger partial charge on any atom is 0.209 e. The zero-order chi connectivity index (χ0) is 15.6. The van der Waals surface area contributed by atoms with Crippen LogP contribution in [0.15, 0.2) is 84.9 Å². The Morgan fingerprint density at radius 3 is 2.26 bits per heavy atom. The summed E-state index contributed by atoms with van der Waals surface area (Å²) >= 11 is 0. The van der Waals surface area contributed by atoms with Gasteiger partial charge in [-0.3, -0.25) is 4.79 Å². The molecular weight excluding hydrogens is 282 g/mol. The Balaban J connectivity index is 1.74. The Labute approximate surface area is 134 Å². The maximum atomic E-state index is 12.8. The number of fused-ring (bicyclic) bond motifs is 1. The minimum atomic E-state index is 0.0129. The van der Waals surface area contributed by atoms with Gasteiger partial charge >= 0.3 is 0 Å². The van der Waals surface area contributed by atoms with Crippen molar-refractivity contribution in [1.29, 1.82) is 0 Å². The number of benzene rings is 3. The van der Waals surface area contributed by atoms with Gasteiger partial charge < -0.3 is 4.98 Å². The summed E-state index contributed by atoms with van der Waals surface area (Å²) in [5.41, 5.74) is 4.45. The monoisotopic (exact) mass is 297 g/mol. The van der Waals surface area contributed by atoms with Gasteiger partial charge in [-0.1, -0.05) is 66.7 Å². The van der Waals surface area contributed by atoms with E-state index in [0.717, 1.165) is 22.0 Å². The molecule has 0 aliphatic rings. The summed E-state index contributed by atoms with van der Waals surface area (Å²) in [6.07, 6.45) is 0. The van der Waals surface area contributed by atoms with E-state index in [1.807, 2.05) is 84.9 Å². The van der Waals surface area contributed by atoms with Gasteiger partial charge in [-0.15, -0.1) is 0 Å². The summed E-state index contributed by atoms with van der Waals surface area (Å²) < 4.78 is 0. The fourth-order valence-corrected chi connectivity index (χ4v) is 2.82. The quantitative estimate of drug-likeness (QED) is 0.526. The van der Waals surface area contributed by atoms with Gasteiger partial charge in [0.2, 0.25) is 5.78 Å². The van der Waals surface area contributed by atoms with Crippen molar-refractivity contribution in [3.8, 4) is 11.1 Å². The number of ketones is 1. The van der Waals surface area contributed by atoms with Crippen LogP contribution in [-0.2, 0) is 0 Å². The Hall–Kier alpha value is -3.13. The second-order valence-corrected chi connectivity index (χ2v) is 5.55. The number of aromatic amines is 1. The highest BCUT2D eigenvalue weighted by atomic mass is 16.1. The number of hydrogen-bond donors (Lipinski definition) is 1. The van der Waals surface area contributed by atoms with Gasteiger partial charge in [-0.05, 0) is 29.3 Å². The van der Waals surface area contributed by atoms with E-state index in [2.05, 4.69) is 4.98 Å². The molecule has 0 saturated heterocycles. The van der Waals surface area contributed by atoms with Gasteiger partial charge in [0.15, 0.2) is 0 Å². The molecule has 1 N–H and O–H groups in total. The van der Waals surface area contributed by atoms with Gasteiger partial charge in [0.1, 0.15) is 0 Å². The third-order valence-corrected chi connectivity index (χ3v) is 4.01. The molecule has 3 aromatic carbocycles. The van der Waals surface area contributed by atoms with Crippen LogP contribution in [0.3, 0.4) is 0 Å². The second kappa shape index (κ2) is 5.58. The third kappa shape index (κ3) is 2.55. The largest absolute Gasteiger partial charge is 0.352 e. The molecule has 0 fully saturated rings. The molecule has 0 amide bonds. The van der Waals surface area contributed by atoms with Crippen molar-refractivity contribution in [3.63, 3.8) is 0 Å². The number of para-hydroxylation sites is 1. The summed E-state index contributed by atoms with van der Waals surface area (Å²) in [5, 5.41) is 1.05. The predicted molar refractivity (Wildman–Crippen MR) is 93.6 cm³/mol. The van der Waals surface area contributed by atoms with Crippen LogP contribution in [0.2, 0.25) is 0 Å². The van der Waals surface area contributed by atoms with Crippen LogP contribution in [-0.4, -0.2) is 10.8 Å². The molecule has 23 heavy (non-hydrogen) atoms. The average Bonchev–Trinajstić information content (AvgIpc) is 3.06. The summed E-state index contributed by atoms with van der Waals surface area (Å²) in [5.74, 6) is 0.0129. The lowest BCUT2D eigenvalue weighted by atomic mass is 10.0. The van der Waals surface area contributed by atoms with Crippen LogP contribution < -0.4 is 0 Å². The highest BCUT2D eigenvalue weighted by Gasteiger charge is 2.12. The first-order valence-corrected chi connectivity index (χ1v) is 7.59. The van der Waals surface area contributed by atoms with Crippen LogP contribution >= 0.6 is 0 Å². The molecule has 0 aliphatic heterocycles. The molecule has 1 heterocycles. The number of H-pyrrole nitrogens is 1. The molecule has 0 radical (unpaired) electrons. The first-order valence-electron chi connectivity index (χ1n) is 7.59. The number of hydrogen-bond acceptors (Lipinski definition) is 1. The van der Waals surface area contributed by atoms with Crippen LogP contribution in [0.1, 0.15) is 16.1 Å². The lowest BCUT2D eigenvalue weighted by Gasteiger charge is -2.04. The summed E-state index contributed by atoms with van der Waals surface area (Å²) in [6.45, 7) is 0. The highest BCUT2D eigenvalue weighted by Crippen LogP contribution is 2.22. The molecule has 0 unspecified atom stereocenters. The molecular formula is C21H15NO. The van der Waals surface area contributed by atoms with Crippen molar-refractivity contribution < 1.29 is 4.79 Å². The molecule has 2 nitrogen and oxygen atoms in total. The van der Waals surface area contributed by atoms with E-state index >= 15 is 0 Å². The Kier molecular flexibility index (Phi) is 3.28. The zero-order valence-electron chi connectivity index (χ0n) is 12.5. The molecule has 0 aliphatic carbocycles. The lowest BCUT2D eigenvalue weighted by molar-refractivity contribution is 0.103. The fraction of sp³-hybridized carbons (Fsp3) is 0. The highest BCUT2D eigenvalue weighted by molar-refractivity contribution is 6.10. The van der Waals surface area contributed by atoms with E-state index in [4.69, 9.17) is 0 Å². The van der Waals surface area contributed by atoms with Crippen LogP contribution in [0.4, 0.5) is 0 Å². The van der Waals surface area contributed by atoms with Crippen molar-refractivity contribution in [2.45, 2.75) is 0 Å². The molecule has 4 aromatic rings. The van der Waals surface area contributed by atoms with Crippen LogP contribution in [0.25, 0.3) is 22.0 Å². The number of carbonyl (C=O) groups is 1. The molecule has 0 spiro atoms. The van der Waals surface area contributed by atoms with E-state index in [1.165, 1.54) is 0 Å². The van der Waals surface area contributed by atoms with Gasteiger partial charge in [0, 0.05) is 16.5 Å². The van der Waals surface area contributed by atoms with Gasteiger partial charge in [0.25, 0.3) is 0 Å². The number of aromatic nitrogens is 1. The van der Waals surface area contributed by atoms with Gasteiger partial charge in [-0.25, -0.2) is 0 Å². The molecule has 0 saturated carbocycles. The van der Waals surface area contributed by atoms with Crippen LogP contribution in [0.5, 0.6) is 0 Å². The van der Waals surface area contributed by atoms with Crippen molar-refractivity contribution in [3.05, 3.63) is 96.2 Å². The van der Waals surface area contributed by atoms with Crippen molar-refractivity contribution in [2.75, 3.05) is 0 Å². The zero-order valence-corrected chi connectivity index (χ0v) is 12.5. The van der Waals surface area contributed by atoms with E-state index in [9.17, 15) is 4.79 Å². The molecule has 0 bridgehead atoms. The van der Waals surface area contributed by atoms with Gasteiger partial charge in [-0.2, -0.15) is 0 Å². The first-order chi connectivity index (χ1) is 11.3. The molecule has 110 valence electrons. The fourth-order valence-electron chi connectivity index (χ4n) is 2.82. The topological polar surface area (TPSA) is 32.9 Å². The Bertz CT molecular complexity index is 950. The molecule has 2 heteroatoms. The molecule has 0 atom stereocenters. The van der Waals surface area contributed by atoms with E-state index in [-0.39, 0.29) is 5.78 Å².